The lowest BCUT2D eigenvalue weighted by molar-refractivity contribution is 0.116. The van der Waals surface area contributed by atoms with E-state index in [0.29, 0.717) is 11.3 Å². The lowest BCUT2D eigenvalue weighted by Crippen LogP contribution is -2.36. The number of piperidine rings is 1. The van der Waals surface area contributed by atoms with Crippen molar-refractivity contribution >= 4 is 27.0 Å². The third-order valence-electron chi connectivity index (χ3n) is 6.00. The second kappa shape index (κ2) is 8.79. The van der Waals surface area contributed by atoms with E-state index >= 15 is 0 Å². The molecule has 3 aromatic heterocycles. The Hall–Kier alpha value is -2.92. The topological polar surface area (TPSA) is 82.0 Å². The second-order valence-electron chi connectivity index (χ2n) is 8.19. The summed E-state index contributed by atoms with van der Waals surface area (Å²) in [6, 6.07) is 9.41. The lowest BCUT2D eigenvalue weighted by atomic mass is 10.1. The molecule has 0 spiro atoms. The number of pyridine rings is 1. The molecule has 11 heteroatoms. The minimum Gasteiger partial charge on any atom is -0.415 e. The molecular formula is C22H21BrF2N6O2. The van der Waals surface area contributed by atoms with Gasteiger partial charge in [0.2, 0.25) is 5.89 Å². The Bertz CT molecular complexity index is 1340. The molecule has 0 amide bonds. The maximum Gasteiger partial charge on any atom is 0.329 e. The van der Waals surface area contributed by atoms with E-state index < -0.39 is 12.3 Å². The van der Waals surface area contributed by atoms with Gasteiger partial charge in [-0.25, -0.2) is 4.79 Å². The zero-order valence-corrected chi connectivity index (χ0v) is 19.4. The van der Waals surface area contributed by atoms with Gasteiger partial charge in [0.1, 0.15) is 0 Å². The molecule has 1 aliphatic heterocycles. The van der Waals surface area contributed by atoms with Crippen LogP contribution in [0.3, 0.4) is 0 Å². The van der Waals surface area contributed by atoms with E-state index in [1.165, 1.54) is 6.20 Å². The highest BCUT2D eigenvalue weighted by atomic mass is 79.9. The van der Waals surface area contributed by atoms with Crippen LogP contribution in [0.1, 0.15) is 36.9 Å². The summed E-state index contributed by atoms with van der Waals surface area (Å²) in [7, 11) is 2.09. The molecular weight excluding hydrogens is 498 g/mol. The third kappa shape index (κ3) is 4.22. The van der Waals surface area contributed by atoms with Gasteiger partial charge in [0.05, 0.1) is 28.8 Å². The summed E-state index contributed by atoms with van der Waals surface area (Å²) in [6.45, 7) is 2.18. The van der Waals surface area contributed by atoms with Crippen molar-refractivity contribution in [2.24, 2.45) is 0 Å². The van der Waals surface area contributed by atoms with Crippen LogP contribution < -0.4 is 5.69 Å². The number of alkyl halides is 2. The van der Waals surface area contributed by atoms with E-state index in [4.69, 9.17) is 4.42 Å². The molecule has 5 rings (SSSR count). The highest BCUT2D eigenvalue weighted by molar-refractivity contribution is 9.10. The van der Waals surface area contributed by atoms with Crippen molar-refractivity contribution in [3.63, 3.8) is 0 Å². The van der Waals surface area contributed by atoms with Crippen molar-refractivity contribution in [1.82, 2.24) is 29.2 Å². The Morgan fingerprint density at radius 3 is 2.61 bits per heavy atom. The van der Waals surface area contributed by atoms with Crippen molar-refractivity contribution in [1.29, 1.82) is 0 Å². The average Bonchev–Trinajstić information content (AvgIpc) is 3.39. The van der Waals surface area contributed by atoms with Crippen LogP contribution in [0.4, 0.5) is 8.78 Å². The maximum absolute atomic E-state index is 13.5. The van der Waals surface area contributed by atoms with E-state index in [9.17, 15) is 13.6 Å². The molecule has 1 aromatic carbocycles. The fraction of sp³-hybridized carbons (Fsp3) is 0.364. The average molecular weight is 519 g/mol. The number of likely N-dealkylation sites (tertiary alicyclic amines) is 1. The summed E-state index contributed by atoms with van der Waals surface area (Å²) < 4.78 is 34.9. The van der Waals surface area contributed by atoms with Crippen molar-refractivity contribution in [2.45, 2.75) is 31.9 Å². The van der Waals surface area contributed by atoms with Crippen LogP contribution in [-0.2, 0) is 6.54 Å². The lowest BCUT2D eigenvalue weighted by Gasteiger charge is -2.29. The van der Waals surface area contributed by atoms with E-state index in [1.54, 1.807) is 16.7 Å². The number of rotatable bonds is 5. The zero-order chi connectivity index (χ0) is 23.1. The van der Waals surface area contributed by atoms with E-state index in [0.717, 1.165) is 41.4 Å². The van der Waals surface area contributed by atoms with Crippen LogP contribution in [0, 0.1) is 0 Å². The summed E-state index contributed by atoms with van der Waals surface area (Å²) in [4.78, 5) is 20.2. The summed E-state index contributed by atoms with van der Waals surface area (Å²) in [5.41, 5.74) is 2.75. The largest absolute Gasteiger partial charge is 0.415 e. The molecule has 0 aliphatic carbocycles. The minimum absolute atomic E-state index is 0.0238. The number of hydrogen-bond donors (Lipinski definition) is 0. The first-order valence-electron chi connectivity index (χ1n) is 10.6. The number of aromatic nitrogens is 5. The SMILES string of the molecule is CN1CCC(n2c(=O)n(Cc3ccc(-c4nnc(C(F)F)o4)cn3)c3cc(Br)ccc32)CC1. The smallest absolute Gasteiger partial charge is 0.329 e. The molecule has 4 aromatic rings. The zero-order valence-electron chi connectivity index (χ0n) is 17.8. The molecule has 1 fully saturated rings. The molecule has 33 heavy (non-hydrogen) atoms. The molecule has 4 heterocycles. The van der Waals surface area contributed by atoms with Gasteiger partial charge in [-0.2, -0.15) is 8.78 Å². The number of benzene rings is 1. The van der Waals surface area contributed by atoms with Crippen LogP contribution in [0.15, 0.2) is 50.2 Å². The Balaban J connectivity index is 1.48. The van der Waals surface area contributed by atoms with Gasteiger partial charge in [-0.3, -0.25) is 14.1 Å². The Kier molecular flexibility index (Phi) is 5.83. The van der Waals surface area contributed by atoms with Crippen LogP contribution in [0.25, 0.3) is 22.5 Å². The van der Waals surface area contributed by atoms with E-state index in [2.05, 4.69) is 43.1 Å². The Morgan fingerprint density at radius 1 is 1.15 bits per heavy atom. The minimum atomic E-state index is -2.83. The summed E-state index contributed by atoms with van der Waals surface area (Å²) in [5, 5.41) is 6.98. The van der Waals surface area contributed by atoms with E-state index in [1.807, 2.05) is 22.8 Å². The quantitative estimate of drug-likeness (QED) is 0.392. The molecule has 0 saturated carbocycles. The molecule has 1 aliphatic rings. The summed E-state index contributed by atoms with van der Waals surface area (Å²) in [6.07, 6.45) is 0.494. The Morgan fingerprint density at radius 2 is 1.94 bits per heavy atom. The highest BCUT2D eigenvalue weighted by Crippen LogP contribution is 2.28. The van der Waals surface area contributed by atoms with Gasteiger partial charge in [0.15, 0.2) is 0 Å². The van der Waals surface area contributed by atoms with Gasteiger partial charge >= 0.3 is 12.1 Å². The first kappa shape index (κ1) is 21.9. The van der Waals surface area contributed by atoms with Crippen LogP contribution in [-0.4, -0.2) is 49.4 Å². The molecule has 0 unspecified atom stereocenters. The summed E-state index contributed by atoms with van der Waals surface area (Å²) in [5.74, 6) is -0.753. The standard InChI is InChI=1S/C22H21BrF2N6O2/c1-29-8-6-16(7-9-29)31-17-5-3-14(23)10-18(17)30(22(31)32)12-15-4-2-13(11-26-15)20-27-28-21(33-20)19(24)25/h2-5,10-11,16,19H,6-9,12H2,1H3. The molecule has 0 radical (unpaired) electrons. The van der Waals surface area contributed by atoms with Gasteiger partial charge in [0, 0.05) is 16.7 Å². The Labute approximate surface area is 196 Å². The molecule has 0 N–H and O–H groups in total. The van der Waals surface area contributed by atoms with Gasteiger partial charge in [-0.1, -0.05) is 15.9 Å². The molecule has 0 bridgehead atoms. The number of halogens is 3. The van der Waals surface area contributed by atoms with Gasteiger partial charge in [-0.05, 0) is 63.3 Å². The molecule has 8 nitrogen and oxygen atoms in total. The van der Waals surface area contributed by atoms with Crippen LogP contribution >= 0.6 is 15.9 Å². The first-order valence-corrected chi connectivity index (χ1v) is 11.4. The maximum atomic E-state index is 13.5. The van der Waals surface area contributed by atoms with Crippen LogP contribution in [0.2, 0.25) is 0 Å². The van der Waals surface area contributed by atoms with Crippen molar-refractivity contribution in [2.75, 3.05) is 20.1 Å². The number of imidazole rings is 1. The van der Waals surface area contributed by atoms with Crippen molar-refractivity contribution in [3.8, 4) is 11.5 Å². The number of nitrogens with zero attached hydrogens (tertiary/aromatic N) is 6. The highest BCUT2D eigenvalue weighted by Gasteiger charge is 2.24. The third-order valence-corrected chi connectivity index (χ3v) is 6.49. The van der Waals surface area contributed by atoms with Crippen molar-refractivity contribution in [3.05, 3.63) is 63.1 Å². The normalized spacial score (nSPS) is 15.7. The first-order chi connectivity index (χ1) is 15.9. The fourth-order valence-corrected chi connectivity index (χ4v) is 4.61. The predicted molar refractivity (Wildman–Crippen MR) is 121 cm³/mol. The second-order valence-corrected chi connectivity index (χ2v) is 9.11. The molecule has 172 valence electrons. The molecule has 0 atom stereocenters. The number of fused-ring (bicyclic) bond motifs is 1. The monoisotopic (exact) mass is 518 g/mol. The van der Waals surface area contributed by atoms with Gasteiger partial charge in [0.25, 0.3) is 5.89 Å². The van der Waals surface area contributed by atoms with E-state index in [-0.39, 0.29) is 24.2 Å². The molecule has 1 saturated heterocycles. The van der Waals surface area contributed by atoms with Gasteiger partial charge < -0.3 is 9.32 Å². The summed E-state index contributed by atoms with van der Waals surface area (Å²) >= 11 is 3.51. The van der Waals surface area contributed by atoms with Crippen molar-refractivity contribution < 1.29 is 13.2 Å². The van der Waals surface area contributed by atoms with Gasteiger partial charge in [-0.15, -0.1) is 10.2 Å². The van der Waals surface area contributed by atoms with Crippen LogP contribution in [0.5, 0.6) is 0 Å². The number of hydrogen-bond acceptors (Lipinski definition) is 6. The fourth-order valence-electron chi connectivity index (χ4n) is 4.26. The predicted octanol–water partition coefficient (Wildman–Crippen LogP) is 4.26.